The van der Waals surface area contributed by atoms with E-state index in [1.807, 2.05) is 33.8 Å². The van der Waals surface area contributed by atoms with Gasteiger partial charge in [-0.3, -0.25) is 13.9 Å². The van der Waals surface area contributed by atoms with Gasteiger partial charge in [-0.15, -0.1) is 0 Å². The number of hydrogen-bond donors (Lipinski definition) is 1. The number of rotatable bonds is 11. The van der Waals surface area contributed by atoms with Crippen molar-refractivity contribution in [1.29, 1.82) is 0 Å². The van der Waals surface area contributed by atoms with E-state index in [2.05, 4.69) is 5.32 Å². The highest BCUT2D eigenvalue weighted by Crippen LogP contribution is 2.27. The van der Waals surface area contributed by atoms with Crippen molar-refractivity contribution in [2.75, 3.05) is 10.8 Å². The average molecular weight is 605 g/mol. The van der Waals surface area contributed by atoms with Gasteiger partial charge in [0.2, 0.25) is 11.8 Å². The lowest BCUT2D eigenvalue weighted by Crippen LogP contribution is -2.52. The fourth-order valence-electron chi connectivity index (χ4n) is 4.02. The molecule has 0 saturated heterocycles. The lowest BCUT2D eigenvalue weighted by molar-refractivity contribution is -0.139. The highest BCUT2D eigenvalue weighted by atomic mass is 35.5. The molecule has 2 atom stereocenters. The number of aryl methyl sites for hydroxylation is 2. The summed E-state index contributed by atoms with van der Waals surface area (Å²) in [5, 5.41) is 3.80. The first-order chi connectivity index (χ1) is 18.8. The van der Waals surface area contributed by atoms with Gasteiger partial charge in [-0.1, -0.05) is 48.3 Å². The van der Waals surface area contributed by atoms with E-state index in [0.717, 1.165) is 21.9 Å². The number of carbonyl (C=O) groups excluding carboxylic acids is 2. The van der Waals surface area contributed by atoms with Gasteiger partial charge in [0, 0.05) is 22.6 Å². The van der Waals surface area contributed by atoms with Crippen LogP contribution >= 0.6 is 23.2 Å². The molecule has 7 nitrogen and oxygen atoms in total. The van der Waals surface area contributed by atoms with Gasteiger partial charge in [0.15, 0.2) is 0 Å². The molecule has 0 fully saturated rings. The maximum atomic E-state index is 14.0. The van der Waals surface area contributed by atoms with Crippen molar-refractivity contribution >= 4 is 50.7 Å². The van der Waals surface area contributed by atoms with E-state index in [-0.39, 0.29) is 23.4 Å². The van der Waals surface area contributed by atoms with E-state index in [4.69, 9.17) is 23.2 Å². The Morgan fingerprint density at radius 3 is 2.17 bits per heavy atom. The van der Waals surface area contributed by atoms with Crippen LogP contribution in [0, 0.1) is 13.8 Å². The van der Waals surface area contributed by atoms with Crippen LogP contribution in [-0.2, 0) is 26.2 Å². The van der Waals surface area contributed by atoms with Crippen LogP contribution in [-0.4, -0.2) is 43.8 Å². The highest BCUT2D eigenvalue weighted by Gasteiger charge is 2.33. The third-order valence-electron chi connectivity index (χ3n) is 6.87. The molecule has 0 aromatic heterocycles. The molecule has 0 saturated carbocycles. The topological polar surface area (TPSA) is 86.8 Å². The number of halogens is 2. The second kappa shape index (κ2) is 13.5. The van der Waals surface area contributed by atoms with Gasteiger partial charge in [0.1, 0.15) is 12.6 Å². The minimum absolute atomic E-state index is 0.00752. The van der Waals surface area contributed by atoms with Crippen LogP contribution in [0.3, 0.4) is 0 Å². The summed E-state index contributed by atoms with van der Waals surface area (Å²) in [6.45, 7) is 8.81. The van der Waals surface area contributed by atoms with Crippen LogP contribution in [0.15, 0.2) is 71.6 Å². The summed E-state index contributed by atoms with van der Waals surface area (Å²) >= 11 is 12.2. The molecule has 214 valence electrons. The normalized spacial score (nSPS) is 12.9. The smallest absolute Gasteiger partial charge is 0.264 e. The molecule has 0 spiro atoms. The van der Waals surface area contributed by atoms with Gasteiger partial charge in [0.05, 0.1) is 10.6 Å². The molecule has 1 N–H and O–H groups in total. The Bertz CT molecular complexity index is 1460. The first-order valence-electron chi connectivity index (χ1n) is 13.0. The van der Waals surface area contributed by atoms with Gasteiger partial charge in [-0.2, -0.15) is 0 Å². The number of benzene rings is 3. The largest absolute Gasteiger partial charge is 0.352 e. The van der Waals surface area contributed by atoms with Crippen LogP contribution < -0.4 is 9.62 Å². The van der Waals surface area contributed by atoms with Crippen molar-refractivity contribution < 1.29 is 18.0 Å². The zero-order chi connectivity index (χ0) is 29.6. The molecule has 2 amide bonds. The van der Waals surface area contributed by atoms with Crippen molar-refractivity contribution in [2.24, 2.45) is 0 Å². The Labute approximate surface area is 247 Å². The number of nitrogens with one attached hydrogen (secondary N) is 1. The van der Waals surface area contributed by atoms with Crippen molar-refractivity contribution in [3.8, 4) is 0 Å². The second-order valence-corrected chi connectivity index (χ2v) is 12.6. The molecule has 10 heteroatoms. The van der Waals surface area contributed by atoms with E-state index < -0.39 is 28.5 Å². The Hall–Kier alpha value is -3.07. The molecule has 3 aromatic rings. The van der Waals surface area contributed by atoms with Crippen LogP contribution in [0.5, 0.6) is 0 Å². The highest BCUT2D eigenvalue weighted by molar-refractivity contribution is 7.92. The van der Waals surface area contributed by atoms with Gasteiger partial charge in [-0.05, 0) is 99.3 Å². The average Bonchev–Trinajstić information content (AvgIpc) is 2.91. The van der Waals surface area contributed by atoms with Crippen LogP contribution in [0.4, 0.5) is 5.69 Å². The fourth-order valence-corrected chi connectivity index (χ4v) is 5.77. The molecular weight excluding hydrogens is 569 g/mol. The summed E-state index contributed by atoms with van der Waals surface area (Å²) in [6, 6.07) is 17.0. The molecule has 0 unspecified atom stereocenters. The number of nitrogens with zero attached hydrogens (tertiary/aromatic N) is 2. The van der Waals surface area contributed by atoms with E-state index in [0.29, 0.717) is 21.3 Å². The van der Waals surface area contributed by atoms with Gasteiger partial charge >= 0.3 is 0 Å². The molecule has 3 aromatic carbocycles. The summed E-state index contributed by atoms with van der Waals surface area (Å²) in [5.41, 5.74) is 2.91. The lowest BCUT2D eigenvalue weighted by atomic mass is 10.1. The van der Waals surface area contributed by atoms with E-state index in [1.54, 1.807) is 43.3 Å². The van der Waals surface area contributed by atoms with Gasteiger partial charge in [0.25, 0.3) is 10.0 Å². The number of hydrogen-bond acceptors (Lipinski definition) is 4. The summed E-state index contributed by atoms with van der Waals surface area (Å²) in [6.07, 6.45) is 0.723. The van der Waals surface area contributed by atoms with Crippen molar-refractivity contribution in [3.05, 3.63) is 93.5 Å². The Morgan fingerprint density at radius 2 is 1.57 bits per heavy atom. The summed E-state index contributed by atoms with van der Waals surface area (Å²) in [7, 11) is -4.17. The first-order valence-corrected chi connectivity index (χ1v) is 15.2. The first kappa shape index (κ1) is 31.5. The van der Waals surface area contributed by atoms with E-state index in [1.165, 1.54) is 29.2 Å². The zero-order valence-corrected chi connectivity index (χ0v) is 25.6. The van der Waals surface area contributed by atoms with E-state index >= 15 is 0 Å². The summed E-state index contributed by atoms with van der Waals surface area (Å²) in [4.78, 5) is 28.5. The summed E-state index contributed by atoms with van der Waals surface area (Å²) in [5.74, 6) is -0.870. The minimum Gasteiger partial charge on any atom is -0.352 e. The molecule has 0 aliphatic heterocycles. The van der Waals surface area contributed by atoms with E-state index in [9.17, 15) is 18.0 Å². The standard InChI is InChI=1S/C30H35Cl2N3O4S/c1-6-22(4)33-30(37)23(5)34(18-24-8-7-9-26(32)17-24)29(36)19-35(27-13-10-20(2)21(3)16-27)40(38,39)28-14-11-25(31)12-15-28/h7-17,22-23H,6,18-19H2,1-5H3,(H,33,37)/t22-,23+/m1/s1. The van der Waals surface area contributed by atoms with Crippen LogP contribution in [0.1, 0.15) is 43.9 Å². The minimum atomic E-state index is -4.17. The third-order valence-corrected chi connectivity index (χ3v) is 9.14. The predicted octanol–water partition coefficient (Wildman–Crippen LogP) is 6.14. The molecule has 0 aliphatic rings. The number of anilines is 1. The molecule has 40 heavy (non-hydrogen) atoms. The van der Waals surface area contributed by atoms with Crippen LogP contribution in [0.25, 0.3) is 0 Å². The molecule has 0 heterocycles. The van der Waals surface area contributed by atoms with Crippen LogP contribution in [0.2, 0.25) is 10.0 Å². The van der Waals surface area contributed by atoms with Gasteiger partial charge < -0.3 is 10.2 Å². The SMILES string of the molecule is CC[C@@H](C)NC(=O)[C@H](C)N(Cc1cccc(Cl)c1)C(=O)CN(c1ccc(C)c(C)c1)S(=O)(=O)c1ccc(Cl)cc1. The molecule has 0 radical (unpaired) electrons. The van der Waals surface area contributed by atoms with Crippen molar-refractivity contribution in [1.82, 2.24) is 10.2 Å². The third kappa shape index (κ3) is 7.77. The maximum Gasteiger partial charge on any atom is 0.264 e. The van der Waals surface area contributed by atoms with Crippen molar-refractivity contribution in [3.63, 3.8) is 0 Å². The molecule has 0 bridgehead atoms. The quantitative estimate of drug-likeness (QED) is 0.285. The number of sulfonamides is 1. The molecule has 3 rings (SSSR count). The number of carbonyl (C=O) groups is 2. The number of amides is 2. The Kier molecular flexibility index (Phi) is 10.6. The second-order valence-electron chi connectivity index (χ2n) is 9.88. The maximum absolute atomic E-state index is 14.0. The molecular formula is C30H35Cl2N3O4S. The Balaban J connectivity index is 2.05. The zero-order valence-electron chi connectivity index (χ0n) is 23.3. The monoisotopic (exact) mass is 603 g/mol. The fraction of sp³-hybridized carbons (Fsp3) is 0.333. The Morgan fingerprint density at radius 1 is 0.900 bits per heavy atom. The lowest BCUT2D eigenvalue weighted by Gasteiger charge is -2.32. The summed E-state index contributed by atoms with van der Waals surface area (Å²) < 4.78 is 28.9. The molecule has 0 aliphatic carbocycles. The van der Waals surface area contributed by atoms with Gasteiger partial charge in [-0.25, -0.2) is 8.42 Å². The predicted molar refractivity (Wildman–Crippen MR) is 161 cm³/mol. The van der Waals surface area contributed by atoms with Crippen molar-refractivity contribution in [2.45, 2.75) is 64.6 Å².